The Morgan fingerprint density at radius 1 is 1.08 bits per heavy atom. The molecule has 4 nitrogen and oxygen atoms in total. The maximum Gasteiger partial charge on any atom is 0.240 e. The van der Waals surface area contributed by atoms with Crippen LogP contribution in [0.3, 0.4) is 0 Å². The molecule has 0 amide bonds. The van der Waals surface area contributed by atoms with Crippen LogP contribution in [0.15, 0.2) is 23.1 Å². The lowest BCUT2D eigenvalue weighted by Gasteiger charge is -2.29. The molecule has 0 aliphatic heterocycles. The number of alkyl halides is 3. The summed E-state index contributed by atoms with van der Waals surface area (Å²) in [7, 11) is -3.74. The van der Waals surface area contributed by atoms with Crippen LogP contribution in [0.25, 0.3) is 0 Å². The van der Waals surface area contributed by atoms with Crippen LogP contribution in [-0.2, 0) is 28.1 Å². The van der Waals surface area contributed by atoms with Crippen LogP contribution < -0.4 is 4.72 Å². The third-order valence-corrected chi connectivity index (χ3v) is 6.73. The number of rotatable bonds is 10. The summed E-state index contributed by atoms with van der Waals surface area (Å²) in [5, 5.41) is 0.974. The van der Waals surface area contributed by atoms with Gasteiger partial charge in [-0.3, -0.25) is 0 Å². The van der Waals surface area contributed by atoms with Gasteiger partial charge in [-0.2, -0.15) is 0 Å². The van der Waals surface area contributed by atoms with Gasteiger partial charge in [-0.25, -0.2) is 21.9 Å². The molecular weight excluding hydrogens is 428 g/mol. The van der Waals surface area contributed by atoms with Crippen molar-refractivity contribution in [2.75, 3.05) is 11.9 Å². The molecule has 1 fully saturated rings. The monoisotopic (exact) mass is 453 g/mol. The lowest BCUT2D eigenvalue weighted by Crippen LogP contribution is -2.39. The average Bonchev–Trinajstić information content (AvgIpc) is 2.65. The average molecular weight is 454 g/mol. The second kappa shape index (κ2) is 10.7. The predicted molar refractivity (Wildman–Crippen MR) is 101 cm³/mol. The first-order chi connectivity index (χ1) is 12.5. The highest BCUT2D eigenvalue weighted by atomic mass is 79.9. The first-order valence-electron chi connectivity index (χ1n) is 8.93. The van der Waals surface area contributed by atoms with E-state index >= 15 is 0 Å². The minimum absolute atomic E-state index is 0.0181. The van der Waals surface area contributed by atoms with Crippen molar-refractivity contribution in [2.45, 2.75) is 68.9 Å². The molecule has 0 heterocycles. The maximum absolute atomic E-state index is 13.0. The van der Waals surface area contributed by atoms with Gasteiger partial charge in [0.15, 0.2) is 0 Å². The Balaban J connectivity index is 1.88. The van der Waals surface area contributed by atoms with Crippen LogP contribution in [0.4, 0.5) is 8.78 Å². The minimum Gasteiger partial charge on any atom is -0.378 e. The molecule has 1 aliphatic rings. The molecule has 148 valence electrons. The zero-order valence-electron chi connectivity index (χ0n) is 14.7. The minimum atomic E-state index is -3.74. The van der Waals surface area contributed by atoms with Crippen LogP contribution in [0.1, 0.15) is 49.7 Å². The van der Waals surface area contributed by atoms with Gasteiger partial charge in [0.05, 0.1) is 11.0 Å². The van der Waals surface area contributed by atoms with Gasteiger partial charge >= 0.3 is 0 Å². The zero-order chi connectivity index (χ0) is 19.0. The fourth-order valence-electron chi connectivity index (χ4n) is 3.11. The van der Waals surface area contributed by atoms with Crippen molar-refractivity contribution < 1.29 is 21.9 Å². The number of ether oxygens (including phenoxy) is 1. The Labute approximate surface area is 162 Å². The number of sulfonamides is 1. The Kier molecular flexibility index (Phi) is 8.93. The molecule has 0 aromatic heterocycles. The third-order valence-electron chi connectivity index (χ3n) is 4.65. The number of nitrogens with one attached hydrogen (secondary N) is 1. The second-order valence-electron chi connectivity index (χ2n) is 6.56. The van der Waals surface area contributed by atoms with E-state index in [2.05, 4.69) is 20.7 Å². The molecule has 26 heavy (non-hydrogen) atoms. The Morgan fingerprint density at radius 2 is 1.77 bits per heavy atom. The molecule has 1 aromatic rings. The SMILES string of the molecule is O=S(=O)(NC1CCC(OCCCCBr)CC1)c1ccc(CF)c(CF)c1. The summed E-state index contributed by atoms with van der Waals surface area (Å²) in [6.07, 6.45) is 5.34. The van der Waals surface area contributed by atoms with Crippen molar-refractivity contribution in [1.29, 1.82) is 0 Å². The summed E-state index contributed by atoms with van der Waals surface area (Å²) in [6.45, 7) is -0.966. The van der Waals surface area contributed by atoms with Gasteiger partial charge in [0.25, 0.3) is 0 Å². The Bertz CT molecular complexity index is 664. The highest BCUT2D eigenvalue weighted by Gasteiger charge is 2.26. The van der Waals surface area contributed by atoms with Crippen molar-refractivity contribution in [1.82, 2.24) is 4.72 Å². The van der Waals surface area contributed by atoms with E-state index in [-0.39, 0.29) is 28.2 Å². The van der Waals surface area contributed by atoms with Crippen molar-refractivity contribution in [3.05, 3.63) is 29.3 Å². The lowest BCUT2D eigenvalue weighted by molar-refractivity contribution is 0.0227. The molecule has 1 aliphatic carbocycles. The van der Waals surface area contributed by atoms with Gasteiger partial charge < -0.3 is 4.74 Å². The van der Waals surface area contributed by atoms with E-state index < -0.39 is 23.4 Å². The molecule has 1 N–H and O–H groups in total. The topological polar surface area (TPSA) is 55.4 Å². The fraction of sp³-hybridized carbons (Fsp3) is 0.667. The van der Waals surface area contributed by atoms with Crippen molar-refractivity contribution in [3.63, 3.8) is 0 Å². The van der Waals surface area contributed by atoms with Gasteiger partial charge in [0, 0.05) is 18.0 Å². The Morgan fingerprint density at radius 3 is 2.38 bits per heavy atom. The van der Waals surface area contributed by atoms with Crippen molar-refractivity contribution >= 4 is 26.0 Å². The molecule has 0 saturated heterocycles. The molecule has 0 unspecified atom stereocenters. The molecule has 1 aromatic carbocycles. The number of halogens is 3. The fourth-order valence-corrected chi connectivity index (χ4v) is 4.86. The quantitative estimate of drug-likeness (QED) is 0.421. The van der Waals surface area contributed by atoms with Gasteiger partial charge in [-0.1, -0.05) is 22.0 Å². The predicted octanol–water partition coefficient (Wildman–Crippen LogP) is 4.41. The highest BCUT2D eigenvalue weighted by Crippen LogP contribution is 2.24. The molecule has 0 atom stereocenters. The second-order valence-corrected chi connectivity index (χ2v) is 9.07. The van der Waals surface area contributed by atoms with E-state index in [9.17, 15) is 17.2 Å². The number of benzene rings is 1. The summed E-state index contributed by atoms with van der Waals surface area (Å²) in [5.41, 5.74) is 0.264. The molecular formula is C18H26BrF2NO3S. The van der Waals surface area contributed by atoms with Crippen LogP contribution in [-0.4, -0.2) is 32.5 Å². The number of hydrogen-bond donors (Lipinski definition) is 1. The van der Waals surface area contributed by atoms with E-state index in [0.29, 0.717) is 12.8 Å². The normalized spacial score (nSPS) is 21.0. The van der Waals surface area contributed by atoms with Crippen LogP contribution in [0.2, 0.25) is 0 Å². The van der Waals surface area contributed by atoms with Gasteiger partial charge in [0.1, 0.15) is 13.3 Å². The summed E-state index contributed by atoms with van der Waals surface area (Å²) < 4.78 is 59.4. The molecule has 1 saturated carbocycles. The lowest BCUT2D eigenvalue weighted by atomic mass is 9.94. The van der Waals surface area contributed by atoms with Gasteiger partial charge in [0.2, 0.25) is 10.0 Å². The first-order valence-corrected chi connectivity index (χ1v) is 11.5. The molecule has 0 spiro atoms. The smallest absolute Gasteiger partial charge is 0.240 e. The zero-order valence-corrected chi connectivity index (χ0v) is 17.1. The van der Waals surface area contributed by atoms with E-state index in [1.807, 2.05) is 0 Å². The van der Waals surface area contributed by atoms with Gasteiger partial charge in [-0.05, 0) is 61.8 Å². The van der Waals surface area contributed by atoms with E-state index in [1.165, 1.54) is 18.2 Å². The van der Waals surface area contributed by atoms with Crippen LogP contribution in [0.5, 0.6) is 0 Å². The summed E-state index contributed by atoms with van der Waals surface area (Å²) in [4.78, 5) is -0.0181. The van der Waals surface area contributed by atoms with E-state index in [1.54, 1.807) is 0 Å². The summed E-state index contributed by atoms with van der Waals surface area (Å²) in [5.74, 6) is 0. The third kappa shape index (κ3) is 6.25. The molecule has 2 rings (SSSR count). The van der Waals surface area contributed by atoms with Crippen LogP contribution >= 0.6 is 15.9 Å². The standard InChI is InChI=1S/C18H26BrF2NO3S/c19-9-1-2-10-25-17-6-4-16(5-7-17)22-26(23,24)18-8-3-14(12-20)15(11-18)13-21/h3,8,11,16-17,22H,1-2,4-7,9-10,12-13H2. The van der Waals surface area contributed by atoms with E-state index in [4.69, 9.17) is 4.74 Å². The summed E-state index contributed by atoms with van der Waals surface area (Å²) >= 11 is 3.39. The van der Waals surface area contributed by atoms with Crippen molar-refractivity contribution in [3.8, 4) is 0 Å². The van der Waals surface area contributed by atoms with Crippen molar-refractivity contribution in [2.24, 2.45) is 0 Å². The largest absolute Gasteiger partial charge is 0.378 e. The highest BCUT2D eigenvalue weighted by molar-refractivity contribution is 9.09. The summed E-state index contributed by atoms with van der Waals surface area (Å²) in [6, 6.07) is 3.73. The number of hydrogen-bond acceptors (Lipinski definition) is 3. The number of unbranched alkanes of at least 4 members (excludes halogenated alkanes) is 1. The Hall–Kier alpha value is -0.570. The van der Waals surface area contributed by atoms with Gasteiger partial charge in [-0.15, -0.1) is 0 Å². The van der Waals surface area contributed by atoms with Crippen LogP contribution in [0, 0.1) is 0 Å². The molecule has 8 heteroatoms. The molecule has 0 bridgehead atoms. The maximum atomic E-state index is 13.0. The first kappa shape index (κ1) is 21.7. The molecule has 0 radical (unpaired) electrons. The van der Waals surface area contributed by atoms with E-state index in [0.717, 1.165) is 37.6 Å².